The van der Waals surface area contributed by atoms with Crippen molar-refractivity contribution >= 4 is 5.82 Å². The summed E-state index contributed by atoms with van der Waals surface area (Å²) < 4.78 is 0. The van der Waals surface area contributed by atoms with Gasteiger partial charge in [0.15, 0.2) is 5.82 Å². The molecule has 1 aliphatic heterocycles. The first-order valence-corrected chi connectivity index (χ1v) is 7.62. The van der Waals surface area contributed by atoms with Crippen molar-refractivity contribution in [3.63, 3.8) is 0 Å². The molecule has 1 saturated heterocycles. The predicted molar refractivity (Wildman–Crippen MR) is 82.9 cm³/mol. The van der Waals surface area contributed by atoms with Crippen LogP contribution in [0.25, 0.3) is 0 Å². The van der Waals surface area contributed by atoms with Gasteiger partial charge in [0.25, 0.3) is 0 Å². The Bertz CT molecular complexity index is 384. The first-order chi connectivity index (χ1) is 9.69. The van der Waals surface area contributed by atoms with E-state index in [2.05, 4.69) is 58.5 Å². The third-order valence-corrected chi connectivity index (χ3v) is 4.02. The summed E-state index contributed by atoms with van der Waals surface area (Å²) in [6, 6.07) is 4.14. The van der Waals surface area contributed by atoms with Crippen LogP contribution in [0.3, 0.4) is 0 Å². The Hall–Kier alpha value is -1.20. The first kappa shape index (κ1) is 15.2. The van der Waals surface area contributed by atoms with Gasteiger partial charge in [0.2, 0.25) is 0 Å². The van der Waals surface area contributed by atoms with E-state index in [1.807, 2.05) is 0 Å². The van der Waals surface area contributed by atoms with Crippen LogP contribution in [-0.4, -0.2) is 55.4 Å². The summed E-state index contributed by atoms with van der Waals surface area (Å²) in [7, 11) is 4.32. The Morgan fingerprint density at radius 3 is 2.65 bits per heavy atom. The average molecular weight is 277 g/mol. The second-order valence-electron chi connectivity index (χ2n) is 5.79. The van der Waals surface area contributed by atoms with Gasteiger partial charge in [0, 0.05) is 20.1 Å². The van der Waals surface area contributed by atoms with Crippen molar-refractivity contribution in [2.75, 3.05) is 45.2 Å². The summed E-state index contributed by atoms with van der Waals surface area (Å²) in [4.78, 5) is 4.64. The van der Waals surface area contributed by atoms with Crippen molar-refractivity contribution in [3.05, 3.63) is 17.8 Å². The lowest BCUT2D eigenvalue weighted by atomic mass is 9.97. The van der Waals surface area contributed by atoms with E-state index in [4.69, 9.17) is 0 Å². The van der Waals surface area contributed by atoms with Gasteiger partial charge >= 0.3 is 0 Å². The SMILES string of the molecule is CCNCc1ccc(N(C)CC2CCN(C)CC2)nn1. The maximum atomic E-state index is 4.34. The summed E-state index contributed by atoms with van der Waals surface area (Å²) in [6.45, 7) is 7.35. The van der Waals surface area contributed by atoms with Crippen LogP contribution in [0.15, 0.2) is 12.1 Å². The third kappa shape index (κ3) is 4.42. The quantitative estimate of drug-likeness (QED) is 0.850. The lowest BCUT2D eigenvalue weighted by Crippen LogP contribution is -2.36. The van der Waals surface area contributed by atoms with Gasteiger partial charge in [-0.3, -0.25) is 0 Å². The van der Waals surface area contributed by atoms with E-state index in [-0.39, 0.29) is 0 Å². The maximum absolute atomic E-state index is 4.34. The fraction of sp³-hybridized carbons (Fsp3) is 0.733. The molecule has 2 rings (SSSR count). The fourth-order valence-electron chi connectivity index (χ4n) is 2.63. The maximum Gasteiger partial charge on any atom is 0.150 e. The van der Waals surface area contributed by atoms with Crippen molar-refractivity contribution in [2.45, 2.75) is 26.3 Å². The largest absolute Gasteiger partial charge is 0.358 e. The van der Waals surface area contributed by atoms with E-state index < -0.39 is 0 Å². The zero-order valence-corrected chi connectivity index (χ0v) is 13.0. The van der Waals surface area contributed by atoms with Crippen LogP contribution in [0.1, 0.15) is 25.5 Å². The topological polar surface area (TPSA) is 44.3 Å². The Morgan fingerprint density at radius 2 is 2.05 bits per heavy atom. The van der Waals surface area contributed by atoms with Crippen molar-refractivity contribution in [1.82, 2.24) is 20.4 Å². The van der Waals surface area contributed by atoms with Gasteiger partial charge < -0.3 is 15.1 Å². The van der Waals surface area contributed by atoms with E-state index >= 15 is 0 Å². The number of hydrogen-bond donors (Lipinski definition) is 1. The minimum absolute atomic E-state index is 0.777. The fourth-order valence-corrected chi connectivity index (χ4v) is 2.63. The van der Waals surface area contributed by atoms with Crippen LogP contribution in [0.2, 0.25) is 0 Å². The molecule has 5 heteroatoms. The molecule has 0 saturated carbocycles. The zero-order chi connectivity index (χ0) is 14.4. The molecule has 1 aliphatic rings. The first-order valence-electron chi connectivity index (χ1n) is 7.62. The van der Waals surface area contributed by atoms with Gasteiger partial charge in [-0.25, -0.2) is 0 Å². The number of anilines is 1. The number of hydrogen-bond acceptors (Lipinski definition) is 5. The highest BCUT2D eigenvalue weighted by molar-refractivity contribution is 5.36. The molecule has 20 heavy (non-hydrogen) atoms. The Labute approximate surface area is 122 Å². The molecule has 1 aromatic heterocycles. The molecule has 0 spiro atoms. The predicted octanol–water partition coefficient (Wildman–Crippen LogP) is 1.36. The van der Waals surface area contributed by atoms with Crippen LogP contribution in [0.4, 0.5) is 5.82 Å². The van der Waals surface area contributed by atoms with E-state index in [1.165, 1.54) is 25.9 Å². The number of nitrogens with zero attached hydrogens (tertiary/aromatic N) is 4. The number of aromatic nitrogens is 2. The standard InChI is InChI=1S/C15H27N5/c1-4-16-11-14-5-6-15(18-17-14)20(3)12-13-7-9-19(2)10-8-13/h5-6,13,16H,4,7-12H2,1-3H3. The summed E-state index contributed by atoms with van der Waals surface area (Å²) in [5.41, 5.74) is 1.00. The van der Waals surface area contributed by atoms with Crippen LogP contribution in [-0.2, 0) is 6.54 Å². The molecular weight excluding hydrogens is 250 g/mol. The van der Waals surface area contributed by atoms with Gasteiger partial charge in [-0.15, -0.1) is 5.10 Å². The van der Waals surface area contributed by atoms with Crippen LogP contribution >= 0.6 is 0 Å². The Balaban J connectivity index is 1.84. The minimum Gasteiger partial charge on any atom is -0.358 e. The number of rotatable bonds is 6. The Morgan fingerprint density at radius 1 is 1.30 bits per heavy atom. The number of likely N-dealkylation sites (tertiary alicyclic amines) is 1. The molecule has 1 N–H and O–H groups in total. The van der Waals surface area contributed by atoms with Crippen LogP contribution < -0.4 is 10.2 Å². The monoisotopic (exact) mass is 277 g/mol. The van der Waals surface area contributed by atoms with Crippen molar-refractivity contribution in [2.24, 2.45) is 5.92 Å². The highest BCUT2D eigenvalue weighted by atomic mass is 15.2. The highest BCUT2D eigenvalue weighted by Gasteiger charge is 2.18. The summed E-state index contributed by atoms with van der Waals surface area (Å²) >= 11 is 0. The van der Waals surface area contributed by atoms with Crippen LogP contribution in [0, 0.1) is 5.92 Å². The van der Waals surface area contributed by atoms with Crippen LogP contribution in [0.5, 0.6) is 0 Å². The molecule has 0 aliphatic carbocycles. The van der Waals surface area contributed by atoms with E-state index in [9.17, 15) is 0 Å². The van der Waals surface area contributed by atoms with E-state index in [1.54, 1.807) is 0 Å². The average Bonchev–Trinajstić information content (AvgIpc) is 2.48. The molecule has 2 heterocycles. The molecule has 5 nitrogen and oxygen atoms in total. The van der Waals surface area contributed by atoms with E-state index in [0.717, 1.165) is 37.1 Å². The lowest BCUT2D eigenvalue weighted by molar-refractivity contribution is 0.222. The van der Waals surface area contributed by atoms with Gasteiger partial charge in [-0.05, 0) is 57.6 Å². The van der Waals surface area contributed by atoms with Crippen molar-refractivity contribution in [3.8, 4) is 0 Å². The summed E-state index contributed by atoms with van der Waals surface area (Å²) in [6.07, 6.45) is 2.57. The lowest BCUT2D eigenvalue weighted by Gasteiger charge is -2.31. The summed E-state index contributed by atoms with van der Waals surface area (Å²) in [5, 5.41) is 11.9. The second-order valence-corrected chi connectivity index (χ2v) is 5.79. The molecule has 0 aromatic carbocycles. The van der Waals surface area contributed by atoms with Gasteiger partial charge in [0.05, 0.1) is 5.69 Å². The molecular formula is C15H27N5. The molecule has 0 bridgehead atoms. The smallest absolute Gasteiger partial charge is 0.150 e. The third-order valence-electron chi connectivity index (χ3n) is 4.02. The van der Waals surface area contributed by atoms with Crippen molar-refractivity contribution in [1.29, 1.82) is 0 Å². The van der Waals surface area contributed by atoms with Crippen molar-refractivity contribution < 1.29 is 0 Å². The molecule has 1 fully saturated rings. The molecule has 1 aromatic rings. The molecule has 112 valence electrons. The summed E-state index contributed by atoms with van der Waals surface area (Å²) in [5.74, 6) is 1.75. The van der Waals surface area contributed by atoms with Gasteiger partial charge in [-0.1, -0.05) is 6.92 Å². The number of piperidine rings is 1. The minimum atomic E-state index is 0.777. The molecule has 0 unspecified atom stereocenters. The molecule has 0 atom stereocenters. The number of nitrogens with one attached hydrogen (secondary N) is 1. The zero-order valence-electron chi connectivity index (χ0n) is 13.0. The second kappa shape index (κ2) is 7.55. The molecule has 0 radical (unpaired) electrons. The highest BCUT2D eigenvalue weighted by Crippen LogP contribution is 2.19. The van der Waals surface area contributed by atoms with E-state index in [0.29, 0.717) is 0 Å². The Kier molecular flexibility index (Phi) is 5.73. The van der Waals surface area contributed by atoms with Gasteiger partial charge in [0.1, 0.15) is 0 Å². The van der Waals surface area contributed by atoms with Gasteiger partial charge in [-0.2, -0.15) is 5.10 Å². The molecule has 0 amide bonds. The normalized spacial score (nSPS) is 17.4.